The second kappa shape index (κ2) is 8.42. The van der Waals surface area contributed by atoms with E-state index >= 15 is 0 Å². The Morgan fingerprint density at radius 3 is 2.22 bits per heavy atom. The van der Waals surface area contributed by atoms with Crippen LogP contribution in [0, 0.1) is 0 Å². The molecule has 1 rings (SSSR count). The molecule has 0 aromatic heterocycles. The fourth-order valence-corrected chi connectivity index (χ4v) is 4.16. The highest BCUT2D eigenvalue weighted by molar-refractivity contribution is 6.66. The second-order valence-electron chi connectivity index (χ2n) is 4.41. The number of benzene rings is 1. The largest absolute Gasteiger partial charge is 0.395 e. The molecule has 0 fully saturated rings. The van der Waals surface area contributed by atoms with Crippen LogP contribution >= 0.6 is 0 Å². The van der Waals surface area contributed by atoms with Crippen molar-refractivity contribution in [1.82, 2.24) is 5.32 Å². The SMILES string of the molecule is CCO[Si](C)(CCNCc1ccccc1)OCC. The molecule has 0 saturated heterocycles. The van der Waals surface area contributed by atoms with E-state index in [2.05, 4.69) is 36.1 Å². The number of nitrogens with one attached hydrogen (secondary N) is 1. The van der Waals surface area contributed by atoms with Crippen LogP contribution in [0.3, 0.4) is 0 Å². The van der Waals surface area contributed by atoms with Crippen molar-refractivity contribution in [2.45, 2.75) is 33.0 Å². The van der Waals surface area contributed by atoms with Gasteiger partial charge in [0.05, 0.1) is 0 Å². The van der Waals surface area contributed by atoms with Gasteiger partial charge in [-0.2, -0.15) is 0 Å². The summed E-state index contributed by atoms with van der Waals surface area (Å²) >= 11 is 0. The van der Waals surface area contributed by atoms with Gasteiger partial charge in [0.25, 0.3) is 0 Å². The summed E-state index contributed by atoms with van der Waals surface area (Å²) in [4.78, 5) is 0. The third-order valence-corrected chi connectivity index (χ3v) is 5.78. The molecule has 0 aliphatic carbocycles. The van der Waals surface area contributed by atoms with Gasteiger partial charge in [-0.25, -0.2) is 0 Å². The summed E-state index contributed by atoms with van der Waals surface area (Å²) in [6, 6.07) is 11.4. The van der Waals surface area contributed by atoms with Crippen molar-refractivity contribution in [3.8, 4) is 0 Å². The Bertz CT molecular complexity index is 313. The minimum absolute atomic E-state index is 0.738. The van der Waals surface area contributed by atoms with E-state index in [0.29, 0.717) is 0 Å². The molecule has 0 atom stereocenters. The van der Waals surface area contributed by atoms with Gasteiger partial charge in [0.15, 0.2) is 0 Å². The van der Waals surface area contributed by atoms with Crippen molar-refractivity contribution in [1.29, 1.82) is 0 Å². The normalized spacial score (nSPS) is 11.7. The molecule has 0 amide bonds. The van der Waals surface area contributed by atoms with E-state index < -0.39 is 8.56 Å². The minimum Gasteiger partial charge on any atom is -0.395 e. The summed E-state index contributed by atoms with van der Waals surface area (Å²) in [5.74, 6) is 0. The lowest BCUT2D eigenvalue weighted by Gasteiger charge is -2.26. The molecule has 0 radical (unpaired) electrons. The zero-order valence-corrected chi connectivity index (χ0v) is 12.7. The van der Waals surface area contributed by atoms with Crippen molar-refractivity contribution in [3.05, 3.63) is 35.9 Å². The van der Waals surface area contributed by atoms with Gasteiger partial charge in [0.1, 0.15) is 0 Å². The van der Waals surface area contributed by atoms with E-state index in [1.54, 1.807) is 0 Å². The highest BCUT2D eigenvalue weighted by Gasteiger charge is 2.29. The lowest BCUT2D eigenvalue weighted by Crippen LogP contribution is -2.41. The highest BCUT2D eigenvalue weighted by atomic mass is 28.4. The summed E-state index contributed by atoms with van der Waals surface area (Å²) in [7, 11) is -1.95. The zero-order chi connectivity index (χ0) is 13.3. The van der Waals surface area contributed by atoms with Crippen LogP contribution in [0.5, 0.6) is 0 Å². The Morgan fingerprint density at radius 1 is 1.06 bits per heavy atom. The predicted octanol–water partition coefficient (Wildman–Crippen LogP) is 2.92. The van der Waals surface area contributed by atoms with Gasteiger partial charge in [-0.05, 0) is 32.5 Å². The van der Waals surface area contributed by atoms with Crippen LogP contribution in [0.2, 0.25) is 12.6 Å². The van der Waals surface area contributed by atoms with Gasteiger partial charge >= 0.3 is 8.56 Å². The molecule has 0 bridgehead atoms. The topological polar surface area (TPSA) is 30.5 Å². The number of hydrogen-bond donors (Lipinski definition) is 1. The van der Waals surface area contributed by atoms with Crippen LogP contribution in [0.4, 0.5) is 0 Å². The van der Waals surface area contributed by atoms with Crippen molar-refractivity contribution in [2.24, 2.45) is 0 Å². The first kappa shape index (κ1) is 15.4. The molecule has 102 valence electrons. The predicted molar refractivity (Wildman–Crippen MR) is 77.8 cm³/mol. The molecule has 1 N–H and O–H groups in total. The average Bonchev–Trinajstić information content (AvgIpc) is 2.37. The molecule has 0 unspecified atom stereocenters. The lowest BCUT2D eigenvalue weighted by molar-refractivity contribution is 0.189. The monoisotopic (exact) mass is 267 g/mol. The Labute approximate surface area is 112 Å². The molecule has 0 spiro atoms. The van der Waals surface area contributed by atoms with E-state index in [9.17, 15) is 0 Å². The summed E-state index contributed by atoms with van der Waals surface area (Å²) in [6.45, 7) is 9.53. The van der Waals surface area contributed by atoms with Gasteiger partial charge in [0, 0.05) is 25.8 Å². The first-order valence-corrected chi connectivity index (χ1v) is 9.25. The third-order valence-electron chi connectivity index (χ3n) is 2.83. The quantitative estimate of drug-likeness (QED) is 0.551. The van der Waals surface area contributed by atoms with Gasteiger partial charge in [-0.3, -0.25) is 0 Å². The van der Waals surface area contributed by atoms with Crippen LogP contribution in [0.25, 0.3) is 0 Å². The molecule has 0 heterocycles. The summed E-state index contributed by atoms with van der Waals surface area (Å²) in [5, 5.41) is 3.45. The molecule has 3 nitrogen and oxygen atoms in total. The fraction of sp³-hybridized carbons (Fsp3) is 0.571. The first-order chi connectivity index (χ1) is 8.70. The van der Waals surface area contributed by atoms with Gasteiger partial charge < -0.3 is 14.2 Å². The number of hydrogen-bond acceptors (Lipinski definition) is 3. The van der Waals surface area contributed by atoms with Gasteiger partial charge in [-0.1, -0.05) is 30.3 Å². The maximum Gasteiger partial charge on any atom is 0.336 e. The van der Waals surface area contributed by atoms with Crippen molar-refractivity contribution in [3.63, 3.8) is 0 Å². The van der Waals surface area contributed by atoms with E-state index in [1.807, 2.05) is 19.9 Å². The highest BCUT2D eigenvalue weighted by Crippen LogP contribution is 2.12. The van der Waals surface area contributed by atoms with Crippen LogP contribution in [-0.2, 0) is 15.4 Å². The molecule has 0 aliphatic heterocycles. The maximum atomic E-state index is 5.80. The minimum atomic E-state index is -1.95. The Hall–Kier alpha value is -0.683. The van der Waals surface area contributed by atoms with Crippen LogP contribution in [-0.4, -0.2) is 28.3 Å². The molecule has 0 saturated carbocycles. The average molecular weight is 267 g/mol. The van der Waals surface area contributed by atoms with Gasteiger partial charge in [0.2, 0.25) is 0 Å². The van der Waals surface area contributed by atoms with Gasteiger partial charge in [-0.15, -0.1) is 0 Å². The Balaban J connectivity index is 2.26. The summed E-state index contributed by atoms with van der Waals surface area (Å²) < 4.78 is 11.6. The summed E-state index contributed by atoms with van der Waals surface area (Å²) in [5.41, 5.74) is 1.31. The Kier molecular flexibility index (Phi) is 7.20. The number of rotatable bonds is 9. The fourth-order valence-electron chi connectivity index (χ4n) is 1.94. The molecule has 1 aromatic carbocycles. The molecule has 0 aliphatic rings. The van der Waals surface area contributed by atoms with Crippen molar-refractivity contribution >= 4 is 8.56 Å². The standard InChI is InChI=1S/C14H25NO2Si/c1-4-16-18(3,17-5-2)12-11-15-13-14-9-7-6-8-10-14/h6-10,15H,4-5,11-13H2,1-3H3. The first-order valence-electron chi connectivity index (χ1n) is 6.72. The van der Waals surface area contributed by atoms with Crippen LogP contribution < -0.4 is 5.32 Å². The van der Waals surface area contributed by atoms with E-state index in [1.165, 1.54) is 5.56 Å². The molecule has 1 aromatic rings. The van der Waals surface area contributed by atoms with E-state index in [-0.39, 0.29) is 0 Å². The lowest BCUT2D eigenvalue weighted by atomic mass is 10.2. The molecular weight excluding hydrogens is 242 g/mol. The summed E-state index contributed by atoms with van der Waals surface area (Å²) in [6.07, 6.45) is 0. The zero-order valence-electron chi connectivity index (χ0n) is 11.7. The molecular formula is C14H25NO2Si. The smallest absolute Gasteiger partial charge is 0.336 e. The Morgan fingerprint density at radius 2 is 1.67 bits per heavy atom. The van der Waals surface area contributed by atoms with Crippen LogP contribution in [0.1, 0.15) is 19.4 Å². The van der Waals surface area contributed by atoms with Crippen molar-refractivity contribution < 1.29 is 8.85 Å². The third kappa shape index (κ3) is 5.77. The van der Waals surface area contributed by atoms with E-state index in [0.717, 1.165) is 32.3 Å². The van der Waals surface area contributed by atoms with E-state index in [4.69, 9.17) is 8.85 Å². The van der Waals surface area contributed by atoms with Crippen molar-refractivity contribution in [2.75, 3.05) is 19.8 Å². The van der Waals surface area contributed by atoms with Crippen LogP contribution in [0.15, 0.2) is 30.3 Å². The second-order valence-corrected chi connectivity index (χ2v) is 7.76. The molecule has 4 heteroatoms. The molecule has 18 heavy (non-hydrogen) atoms. The maximum absolute atomic E-state index is 5.80.